The second-order valence-electron chi connectivity index (χ2n) is 7.05. The molecule has 4 unspecified atom stereocenters. The molecule has 0 bridgehead atoms. The van der Waals surface area contributed by atoms with Gasteiger partial charge in [0.2, 0.25) is 23.6 Å². The molecule has 4 atom stereocenters. The Labute approximate surface area is 190 Å². The maximum atomic E-state index is 12.6. The van der Waals surface area contributed by atoms with Gasteiger partial charge in [-0.15, -0.1) is 0 Å². The summed E-state index contributed by atoms with van der Waals surface area (Å²) in [5.41, 5.74) is 16.0. The molecule has 0 aromatic rings. The van der Waals surface area contributed by atoms with Crippen molar-refractivity contribution < 1.29 is 34.2 Å². The Morgan fingerprint density at radius 1 is 0.906 bits per heavy atom. The predicted molar refractivity (Wildman–Crippen MR) is 118 cm³/mol. The predicted octanol–water partition coefficient (Wildman–Crippen LogP) is -3.40. The van der Waals surface area contributed by atoms with E-state index in [1.165, 1.54) is 11.8 Å². The number of amides is 4. The number of aliphatic hydroxyl groups excluding tert-OH is 1. The highest BCUT2D eigenvalue weighted by Crippen LogP contribution is 2.04. The fraction of sp³-hybridized carbons (Fsp3) is 0.722. The fourth-order valence-corrected chi connectivity index (χ4v) is 3.05. The lowest BCUT2D eigenvalue weighted by atomic mass is 10.1. The normalized spacial score (nSPS) is 14.5. The van der Waals surface area contributed by atoms with E-state index in [0.29, 0.717) is 25.1 Å². The molecule has 4 amide bonds. The molecule has 0 saturated carbocycles. The van der Waals surface area contributed by atoms with Crippen LogP contribution in [0.25, 0.3) is 0 Å². The molecule has 13 nitrogen and oxygen atoms in total. The summed E-state index contributed by atoms with van der Waals surface area (Å²) >= 11 is 1.41. The first-order valence-electron chi connectivity index (χ1n) is 10.0. The molecule has 0 rings (SSSR count). The van der Waals surface area contributed by atoms with Crippen molar-refractivity contribution >= 4 is 41.4 Å². The van der Waals surface area contributed by atoms with Crippen LogP contribution in [0.1, 0.15) is 32.1 Å². The van der Waals surface area contributed by atoms with Crippen LogP contribution in [0.3, 0.4) is 0 Å². The number of nitrogens with one attached hydrogen (secondary N) is 3. The molecule has 0 radical (unpaired) electrons. The smallest absolute Gasteiger partial charge is 0.326 e. The Morgan fingerprint density at radius 2 is 1.47 bits per heavy atom. The summed E-state index contributed by atoms with van der Waals surface area (Å²) in [6, 6.07) is -5.00. The number of hydrogen-bond donors (Lipinski definition) is 8. The zero-order valence-corrected chi connectivity index (χ0v) is 18.9. The van der Waals surface area contributed by atoms with Crippen molar-refractivity contribution in [3.8, 4) is 0 Å². The van der Waals surface area contributed by atoms with Crippen molar-refractivity contribution in [2.45, 2.75) is 56.3 Å². The van der Waals surface area contributed by atoms with Gasteiger partial charge in [0, 0.05) is 0 Å². The molecule has 14 heteroatoms. The first-order chi connectivity index (χ1) is 15.1. The average molecular weight is 479 g/mol. The van der Waals surface area contributed by atoms with Crippen LogP contribution in [-0.4, -0.2) is 89.1 Å². The van der Waals surface area contributed by atoms with E-state index in [0.717, 1.165) is 0 Å². The van der Waals surface area contributed by atoms with Gasteiger partial charge < -0.3 is 43.4 Å². The third-order valence-corrected chi connectivity index (χ3v) is 5.02. The van der Waals surface area contributed by atoms with E-state index < -0.39 is 66.8 Å². The van der Waals surface area contributed by atoms with Gasteiger partial charge in [-0.3, -0.25) is 19.2 Å². The van der Waals surface area contributed by atoms with Gasteiger partial charge in [0.25, 0.3) is 0 Å². The molecular formula is C18H34N6O7S. The van der Waals surface area contributed by atoms with E-state index >= 15 is 0 Å². The van der Waals surface area contributed by atoms with Gasteiger partial charge in [-0.1, -0.05) is 0 Å². The lowest BCUT2D eigenvalue weighted by Crippen LogP contribution is -2.58. The molecule has 11 N–H and O–H groups in total. The number of hydrogen-bond acceptors (Lipinski definition) is 9. The van der Waals surface area contributed by atoms with Gasteiger partial charge in [0.15, 0.2) is 0 Å². The Balaban J connectivity index is 5.14. The first kappa shape index (κ1) is 29.6. The highest BCUT2D eigenvalue weighted by Gasteiger charge is 2.30. The Kier molecular flexibility index (Phi) is 15.0. The van der Waals surface area contributed by atoms with Crippen LogP contribution in [-0.2, 0) is 24.0 Å². The van der Waals surface area contributed by atoms with Crippen LogP contribution in [0.15, 0.2) is 0 Å². The standard InChI is InChI=1S/C18H34N6O7S/c1-32-7-5-11(22-15(27)10(20)8-14(21)26)16(28)24-13(9-25)17(29)23-12(18(30)31)4-2-3-6-19/h10-13,25H,2-9,19-20H2,1H3,(H2,21,26)(H,22,27)(H,23,29)(H,24,28)(H,30,31). The lowest BCUT2D eigenvalue weighted by Gasteiger charge is -2.24. The number of aliphatic hydroxyl groups is 1. The van der Waals surface area contributed by atoms with Crippen molar-refractivity contribution in [2.75, 3.05) is 25.2 Å². The number of aliphatic carboxylic acids is 1. The highest BCUT2D eigenvalue weighted by molar-refractivity contribution is 7.98. The first-order valence-corrected chi connectivity index (χ1v) is 11.4. The molecule has 0 saturated heterocycles. The van der Waals surface area contributed by atoms with Crippen molar-refractivity contribution in [3.05, 3.63) is 0 Å². The topological polar surface area (TPSA) is 240 Å². The molecule has 0 spiro atoms. The van der Waals surface area contributed by atoms with Gasteiger partial charge in [-0.05, 0) is 44.2 Å². The number of carboxylic acids is 1. The minimum Gasteiger partial charge on any atom is -0.480 e. The summed E-state index contributed by atoms with van der Waals surface area (Å²) < 4.78 is 0. The van der Waals surface area contributed by atoms with E-state index in [1.54, 1.807) is 6.26 Å². The summed E-state index contributed by atoms with van der Waals surface area (Å²) in [5, 5.41) is 25.8. The number of thioether (sulfide) groups is 1. The summed E-state index contributed by atoms with van der Waals surface area (Å²) in [4.78, 5) is 59.5. The molecule has 0 heterocycles. The van der Waals surface area contributed by atoms with E-state index in [-0.39, 0.29) is 12.8 Å². The Morgan fingerprint density at radius 3 is 1.97 bits per heavy atom. The van der Waals surface area contributed by atoms with E-state index in [4.69, 9.17) is 17.2 Å². The molecular weight excluding hydrogens is 444 g/mol. The van der Waals surface area contributed by atoms with Crippen LogP contribution in [0, 0.1) is 0 Å². The monoisotopic (exact) mass is 478 g/mol. The number of carbonyl (C=O) groups excluding carboxylic acids is 4. The molecule has 0 aromatic carbocycles. The summed E-state index contributed by atoms with van der Waals surface area (Å²) in [7, 11) is 0. The van der Waals surface area contributed by atoms with Crippen LogP contribution < -0.4 is 33.2 Å². The number of rotatable bonds is 17. The molecule has 0 aliphatic rings. The number of carboxylic acid groups (broad SMARTS) is 1. The van der Waals surface area contributed by atoms with Gasteiger partial charge >= 0.3 is 5.97 Å². The van der Waals surface area contributed by atoms with Crippen LogP contribution >= 0.6 is 11.8 Å². The number of primary amides is 1. The van der Waals surface area contributed by atoms with Crippen molar-refractivity contribution in [1.82, 2.24) is 16.0 Å². The van der Waals surface area contributed by atoms with E-state index in [1.807, 2.05) is 0 Å². The molecule has 0 aromatic heterocycles. The zero-order chi connectivity index (χ0) is 24.7. The third-order valence-electron chi connectivity index (χ3n) is 4.38. The van der Waals surface area contributed by atoms with Crippen molar-refractivity contribution in [1.29, 1.82) is 0 Å². The minimum absolute atomic E-state index is 0.133. The third kappa shape index (κ3) is 11.8. The average Bonchev–Trinajstić information content (AvgIpc) is 2.72. The summed E-state index contributed by atoms with van der Waals surface area (Å²) in [6.45, 7) is -0.418. The van der Waals surface area contributed by atoms with E-state index in [9.17, 15) is 34.2 Å². The van der Waals surface area contributed by atoms with Crippen molar-refractivity contribution in [3.63, 3.8) is 0 Å². The zero-order valence-electron chi connectivity index (χ0n) is 18.0. The summed E-state index contributed by atoms with van der Waals surface area (Å²) in [6.07, 6.45) is 2.74. The molecule has 184 valence electrons. The van der Waals surface area contributed by atoms with Crippen molar-refractivity contribution in [2.24, 2.45) is 17.2 Å². The van der Waals surface area contributed by atoms with Gasteiger partial charge in [-0.25, -0.2) is 4.79 Å². The number of unbranched alkanes of at least 4 members (excludes halogenated alkanes) is 1. The molecule has 0 aliphatic carbocycles. The maximum absolute atomic E-state index is 12.6. The minimum atomic E-state index is -1.44. The van der Waals surface area contributed by atoms with Gasteiger partial charge in [0.1, 0.15) is 18.1 Å². The second-order valence-corrected chi connectivity index (χ2v) is 8.03. The highest BCUT2D eigenvalue weighted by atomic mass is 32.2. The fourth-order valence-electron chi connectivity index (χ4n) is 2.58. The number of nitrogens with two attached hydrogens (primary N) is 3. The van der Waals surface area contributed by atoms with Crippen LogP contribution in [0.5, 0.6) is 0 Å². The Hall–Kier alpha value is -2.42. The van der Waals surface area contributed by atoms with E-state index in [2.05, 4.69) is 16.0 Å². The number of carbonyl (C=O) groups is 5. The molecule has 0 fully saturated rings. The molecule has 0 aliphatic heterocycles. The Bertz CT molecular complexity index is 651. The second kappa shape index (κ2) is 16.2. The maximum Gasteiger partial charge on any atom is 0.326 e. The SMILES string of the molecule is CSCCC(NC(=O)C(N)CC(N)=O)C(=O)NC(CO)C(=O)NC(CCCCN)C(=O)O. The summed E-state index contributed by atoms with van der Waals surface area (Å²) in [5.74, 6) is -4.01. The lowest BCUT2D eigenvalue weighted by molar-refractivity contribution is -0.142. The van der Waals surface area contributed by atoms with Crippen LogP contribution in [0.2, 0.25) is 0 Å². The molecule has 32 heavy (non-hydrogen) atoms. The van der Waals surface area contributed by atoms with Crippen LogP contribution in [0.4, 0.5) is 0 Å². The largest absolute Gasteiger partial charge is 0.480 e. The quantitative estimate of drug-likeness (QED) is 0.0963. The van der Waals surface area contributed by atoms with Gasteiger partial charge in [-0.2, -0.15) is 11.8 Å². The van der Waals surface area contributed by atoms with Gasteiger partial charge in [0.05, 0.1) is 19.1 Å².